The molecule has 1 aromatic rings. The molecule has 0 radical (unpaired) electrons. The minimum absolute atomic E-state index is 0.677. The fourth-order valence-electron chi connectivity index (χ4n) is 3.21. The molecule has 1 aromatic heterocycles. The number of pyridine rings is 1. The molecule has 0 spiro atoms. The van der Waals surface area contributed by atoms with E-state index in [0.717, 1.165) is 12.5 Å². The minimum atomic E-state index is 0.677. The van der Waals surface area contributed by atoms with Crippen LogP contribution in [0.2, 0.25) is 0 Å². The van der Waals surface area contributed by atoms with Crippen LogP contribution in [0, 0.1) is 5.92 Å². The summed E-state index contributed by atoms with van der Waals surface area (Å²) in [7, 11) is 1.67. The van der Waals surface area contributed by atoms with Gasteiger partial charge in [0.15, 0.2) is 0 Å². The number of aromatic nitrogens is 1. The maximum absolute atomic E-state index is 5.17. The molecule has 3 heteroatoms. The van der Waals surface area contributed by atoms with Crippen LogP contribution in [0.1, 0.15) is 57.4 Å². The Kier molecular flexibility index (Phi) is 6.31. The first-order valence-corrected chi connectivity index (χ1v) is 8.04. The quantitative estimate of drug-likeness (QED) is 0.799. The second kappa shape index (κ2) is 8.25. The lowest BCUT2D eigenvalue weighted by Gasteiger charge is -2.17. The van der Waals surface area contributed by atoms with Crippen LogP contribution in [0.25, 0.3) is 0 Å². The number of hydrogen-bond donors (Lipinski definition) is 1. The lowest BCUT2D eigenvalue weighted by atomic mass is 9.95. The molecule has 3 nitrogen and oxygen atoms in total. The summed E-state index contributed by atoms with van der Waals surface area (Å²) in [6, 6.07) is 4.76. The summed E-state index contributed by atoms with van der Waals surface area (Å²) >= 11 is 0. The van der Waals surface area contributed by atoms with Gasteiger partial charge in [0.05, 0.1) is 7.11 Å². The Morgan fingerprint density at radius 3 is 3.00 bits per heavy atom. The third-order valence-electron chi connectivity index (χ3n) is 4.39. The average Bonchev–Trinajstić information content (AvgIpc) is 2.71. The standard InChI is InChI=1S/C17H28N2O/c1-3-5-14-6-4-7-16(9-8-14)19-13-15-10-11-18-17(12-15)20-2/h10-12,14,16,19H,3-9,13H2,1-2H3. The van der Waals surface area contributed by atoms with Gasteiger partial charge in [-0.25, -0.2) is 4.98 Å². The molecule has 1 aliphatic rings. The fraction of sp³-hybridized carbons (Fsp3) is 0.706. The summed E-state index contributed by atoms with van der Waals surface area (Å²) in [5, 5.41) is 3.71. The van der Waals surface area contributed by atoms with Gasteiger partial charge in [-0.3, -0.25) is 0 Å². The van der Waals surface area contributed by atoms with Crippen molar-refractivity contribution in [3.05, 3.63) is 23.9 Å². The van der Waals surface area contributed by atoms with Crippen LogP contribution in [0.3, 0.4) is 0 Å². The lowest BCUT2D eigenvalue weighted by molar-refractivity contribution is 0.395. The molecule has 2 atom stereocenters. The van der Waals surface area contributed by atoms with E-state index in [-0.39, 0.29) is 0 Å². The summed E-state index contributed by atoms with van der Waals surface area (Å²) in [6.45, 7) is 3.22. The van der Waals surface area contributed by atoms with Crippen molar-refractivity contribution in [2.45, 2.75) is 64.5 Å². The van der Waals surface area contributed by atoms with Gasteiger partial charge in [0.25, 0.3) is 0 Å². The Morgan fingerprint density at radius 2 is 2.20 bits per heavy atom. The Hall–Kier alpha value is -1.09. The highest BCUT2D eigenvalue weighted by Crippen LogP contribution is 2.26. The predicted octanol–water partition coefficient (Wildman–Crippen LogP) is 3.93. The molecule has 20 heavy (non-hydrogen) atoms. The van der Waals surface area contributed by atoms with Crippen LogP contribution < -0.4 is 10.1 Å². The summed E-state index contributed by atoms with van der Waals surface area (Å²) in [6.07, 6.45) is 11.4. The Bertz CT molecular complexity index is 394. The zero-order valence-electron chi connectivity index (χ0n) is 12.9. The van der Waals surface area contributed by atoms with Crippen LogP contribution in [0.15, 0.2) is 18.3 Å². The van der Waals surface area contributed by atoms with Gasteiger partial charge in [0.1, 0.15) is 0 Å². The zero-order chi connectivity index (χ0) is 14.2. The minimum Gasteiger partial charge on any atom is -0.481 e. The third kappa shape index (κ3) is 4.78. The normalized spacial score (nSPS) is 23.3. The number of ether oxygens (including phenoxy) is 1. The topological polar surface area (TPSA) is 34.2 Å². The first kappa shape index (κ1) is 15.3. The molecule has 1 saturated carbocycles. The first-order valence-electron chi connectivity index (χ1n) is 8.04. The van der Waals surface area contributed by atoms with Crippen molar-refractivity contribution in [2.24, 2.45) is 5.92 Å². The fourth-order valence-corrected chi connectivity index (χ4v) is 3.21. The van der Waals surface area contributed by atoms with E-state index in [1.54, 1.807) is 7.11 Å². The number of nitrogens with one attached hydrogen (secondary N) is 1. The monoisotopic (exact) mass is 276 g/mol. The van der Waals surface area contributed by atoms with Crippen molar-refractivity contribution in [1.82, 2.24) is 10.3 Å². The first-order chi connectivity index (χ1) is 9.81. The molecule has 0 saturated heterocycles. The largest absolute Gasteiger partial charge is 0.481 e. The lowest BCUT2D eigenvalue weighted by Crippen LogP contribution is -2.28. The highest BCUT2D eigenvalue weighted by Gasteiger charge is 2.17. The molecule has 0 amide bonds. The average molecular weight is 276 g/mol. The van der Waals surface area contributed by atoms with E-state index in [0.29, 0.717) is 11.9 Å². The molecule has 0 bridgehead atoms. The van der Waals surface area contributed by atoms with E-state index in [1.165, 1.54) is 50.5 Å². The van der Waals surface area contributed by atoms with E-state index in [1.807, 2.05) is 12.3 Å². The maximum Gasteiger partial charge on any atom is 0.213 e. The van der Waals surface area contributed by atoms with Crippen molar-refractivity contribution in [3.8, 4) is 5.88 Å². The van der Waals surface area contributed by atoms with Gasteiger partial charge in [0, 0.05) is 24.8 Å². The molecule has 1 aliphatic carbocycles. The molecule has 1 fully saturated rings. The molecule has 1 heterocycles. The van der Waals surface area contributed by atoms with Crippen molar-refractivity contribution in [1.29, 1.82) is 0 Å². The van der Waals surface area contributed by atoms with E-state index in [2.05, 4.69) is 23.3 Å². The molecule has 0 aliphatic heterocycles. The summed E-state index contributed by atoms with van der Waals surface area (Å²) < 4.78 is 5.17. The van der Waals surface area contributed by atoms with Crippen molar-refractivity contribution in [3.63, 3.8) is 0 Å². The van der Waals surface area contributed by atoms with E-state index in [4.69, 9.17) is 4.74 Å². The maximum atomic E-state index is 5.17. The van der Waals surface area contributed by atoms with Gasteiger partial charge >= 0.3 is 0 Å². The van der Waals surface area contributed by atoms with Crippen molar-refractivity contribution >= 4 is 0 Å². The molecule has 112 valence electrons. The number of methoxy groups -OCH3 is 1. The van der Waals surface area contributed by atoms with Gasteiger partial charge in [-0.05, 0) is 36.8 Å². The summed E-state index contributed by atoms with van der Waals surface area (Å²) in [5.74, 6) is 1.67. The Labute approximate surface area is 123 Å². The second-order valence-corrected chi connectivity index (χ2v) is 5.95. The molecular weight excluding hydrogens is 248 g/mol. The van der Waals surface area contributed by atoms with Gasteiger partial charge in [-0.2, -0.15) is 0 Å². The Morgan fingerprint density at radius 1 is 1.30 bits per heavy atom. The molecular formula is C17H28N2O. The molecule has 0 aromatic carbocycles. The summed E-state index contributed by atoms with van der Waals surface area (Å²) in [5.41, 5.74) is 1.26. The van der Waals surface area contributed by atoms with Crippen LogP contribution >= 0.6 is 0 Å². The SMILES string of the molecule is CCCC1CCCC(NCc2ccnc(OC)c2)CC1. The van der Waals surface area contributed by atoms with E-state index in [9.17, 15) is 0 Å². The summed E-state index contributed by atoms with van der Waals surface area (Å²) in [4.78, 5) is 4.15. The van der Waals surface area contributed by atoms with Gasteiger partial charge < -0.3 is 10.1 Å². The van der Waals surface area contributed by atoms with Gasteiger partial charge in [0.2, 0.25) is 5.88 Å². The zero-order valence-corrected chi connectivity index (χ0v) is 12.9. The number of rotatable bonds is 6. The van der Waals surface area contributed by atoms with E-state index >= 15 is 0 Å². The van der Waals surface area contributed by atoms with Crippen LogP contribution in [-0.4, -0.2) is 18.1 Å². The molecule has 1 N–H and O–H groups in total. The van der Waals surface area contributed by atoms with Crippen LogP contribution in [-0.2, 0) is 6.54 Å². The van der Waals surface area contributed by atoms with Crippen LogP contribution in [0.4, 0.5) is 0 Å². The van der Waals surface area contributed by atoms with E-state index < -0.39 is 0 Å². The van der Waals surface area contributed by atoms with Gasteiger partial charge in [-0.15, -0.1) is 0 Å². The second-order valence-electron chi connectivity index (χ2n) is 5.95. The van der Waals surface area contributed by atoms with Crippen LogP contribution in [0.5, 0.6) is 5.88 Å². The van der Waals surface area contributed by atoms with Gasteiger partial charge in [-0.1, -0.05) is 32.6 Å². The highest BCUT2D eigenvalue weighted by atomic mass is 16.5. The number of hydrogen-bond acceptors (Lipinski definition) is 3. The smallest absolute Gasteiger partial charge is 0.213 e. The van der Waals surface area contributed by atoms with Crippen molar-refractivity contribution in [2.75, 3.05) is 7.11 Å². The molecule has 2 unspecified atom stereocenters. The highest BCUT2D eigenvalue weighted by molar-refractivity contribution is 5.20. The number of nitrogens with zero attached hydrogens (tertiary/aromatic N) is 1. The predicted molar refractivity (Wildman–Crippen MR) is 82.9 cm³/mol. The Balaban J connectivity index is 1.78. The van der Waals surface area contributed by atoms with Crippen molar-refractivity contribution < 1.29 is 4.74 Å². The molecule has 2 rings (SSSR count). The third-order valence-corrected chi connectivity index (χ3v) is 4.39.